The van der Waals surface area contributed by atoms with Gasteiger partial charge in [0.25, 0.3) is 0 Å². The molecule has 2 unspecified atom stereocenters. The van der Waals surface area contributed by atoms with Crippen LogP contribution in [0.1, 0.15) is 12.8 Å². The largest absolute Gasteiger partial charge is 0.461 e. The maximum atomic E-state index is 5.80. The second-order valence-electron chi connectivity index (χ2n) is 4.11. The Balaban J connectivity index is 1.86. The number of hydrogen-bond acceptors (Lipinski definition) is 3. The molecule has 1 fully saturated rings. The molecule has 92 valence electrons. The van der Waals surface area contributed by atoms with E-state index in [1.165, 1.54) is 12.8 Å². The van der Waals surface area contributed by atoms with E-state index in [9.17, 15) is 0 Å². The Bertz CT molecular complexity index is 366. The second kappa shape index (κ2) is 6.04. The second-order valence-corrected chi connectivity index (χ2v) is 5.07. The minimum Gasteiger partial charge on any atom is -0.461 e. The van der Waals surface area contributed by atoms with E-state index in [2.05, 4.69) is 16.6 Å². The molecule has 3 nitrogen and oxygen atoms in total. The highest BCUT2D eigenvalue weighted by Crippen LogP contribution is 2.32. The number of rotatable bonds is 5. The first-order valence-corrected chi connectivity index (χ1v) is 6.78. The third-order valence-corrected chi connectivity index (χ3v) is 4.11. The zero-order valence-electron chi connectivity index (χ0n) is 10.1. The minimum atomic E-state index is 0.390. The van der Waals surface area contributed by atoms with E-state index in [4.69, 9.17) is 4.52 Å². The average Bonchev–Trinajstić information content (AvgIpc) is 2.84. The maximum absolute atomic E-state index is 5.80. The molecular formula is C13H19N2OP. The van der Waals surface area contributed by atoms with E-state index in [0.29, 0.717) is 15.0 Å². The van der Waals surface area contributed by atoms with Gasteiger partial charge in [0.1, 0.15) is 14.7 Å². The van der Waals surface area contributed by atoms with E-state index >= 15 is 0 Å². The summed E-state index contributed by atoms with van der Waals surface area (Å²) >= 11 is 0. The van der Waals surface area contributed by atoms with Crippen LogP contribution >= 0.6 is 8.96 Å². The number of anilines is 1. The number of nitrogens with one attached hydrogen (secondary N) is 1. The van der Waals surface area contributed by atoms with Crippen molar-refractivity contribution < 1.29 is 4.52 Å². The van der Waals surface area contributed by atoms with Crippen molar-refractivity contribution in [2.45, 2.75) is 18.9 Å². The van der Waals surface area contributed by atoms with Crippen LogP contribution < -0.4 is 9.84 Å². The smallest absolute Gasteiger partial charge is 0.150 e. The van der Waals surface area contributed by atoms with Crippen LogP contribution in [0.3, 0.4) is 0 Å². The lowest BCUT2D eigenvalue weighted by Crippen LogP contribution is -2.19. The van der Waals surface area contributed by atoms with E-state index in [1.807, 2.05) is 37.4 Å². The maximum Gasteiger partial charge on any atom is 0.150 e. The lowest BCUT2D eigenvalue weighted by Gasteiger charge is -2.20. The molecule has 0 saturated carbocycles. The van der Waals surface area contributed by atoms with Gasteiger partial charge in [0.05, 0.1) is 0 Å². The monoisotopic (exact) mass is 250 g/mol. The van der Waals surface area contributed by atoms with Crippen LogP contribution in [0.4, 0.5) is 5.69 Å². The molecule has 2 rings (SSSR count). The molecule has 0 radical (unpaired) electrons. The lowest BCUT2D eigenvalue weighted by atomic mass is 10.2. The van der Waals surface area contributed by atoms with Crippen molar-refractivity contribution in [1.82, 2.24) is 4.67 Å². The summed E-state index contributed by atoms with van der Waals surface area (Å²) < 4.78 is 8.15. The normalized spacial score (nSPS) is 20.9. The molecule has 0 amide bonds. The van der Waals surface area contributed by atoms with Gasteiger partial charge in [-0.25, -0.2) is 4.67 Å². The summed E-state index contributed by atoms with van der Waals surface area (Å²) in [5, 5.41) is 3.09. The van der Waals surface area contributed by atoms with Crippen LogP contribution in [0.15, 0.2) is 36.9 Å². The molecule has 0 bridgehead atoms. The molecule has 1 aliphatic heterocycles. The fraction of sp³-hybridized carbons (Fsp3) is 0.385. The van der Waals surface area contributed by atoms with Gasteiger partial charge in [-0.15, -0.1) is 6.58 Å². The van der Waals surface area contributed by atoms with Crippen molar-refractivity contribution in [2.75, 3.05) is 18.9 Å². The molecular weight excluding hydrogens is 231 g/mol. The van der Waals surface area contributed by atoms with Gasteiger partial charge in [-0.05, 0) is 37.1 Å². The van der Waals surface area contributed by atoms with Crippen LogP contribution in [-0.4, -0.2) is 24.3 Å². The molecule has 1 saturated heterocycles. The molecule has 1 aromatic rings. The van der Waals surface area contributed by atoms with Crippen molar-refractivity contribution in [3.63, 3.8) is 0 Å². The van der Waals surface area contributed by atoms with Crippen LogP contribution in [0.25, 0.3) is 0 Å². The molecule has 1 heterocycles. The first kappa shape index (κ1) is 12.4. The van der Waals surface area contributed by atoms with Gasteiger partial charge in [-0.2, -0.15) is 0 Å². The Morgan fingerprint density at radius 3 is 2.88 bits per heavy atom. The van der Waals surface area contributed by atoms with Gasteiger partial charge in [-0.1, -0.05) is 6.08 Å². The Labute approximate surface area is 105 Å². The Morgan fingerprint density at radius 2 is 2.24 bits per heavy atom. The molecule has 0 aliphatic carbocycles. The third kappa shape index (κ3) is 3.21. The summed E-state index contributed by atoms with van der Waals surface area (Å²) in [5.41, 5.74) is 1.10. The Morgan fingerprint density at radius 1 is 1.47 bits per heavy atom. The summed E-state index contributed by atoms with van der Waals surface area (Å²) in [6.45, 7) is 4.98. The van der Waals surface area contributed by atoms with Crippen LogP contribution in [-0.2, 0) is 0 Å². The first-order chi connectivity index (χ1) is 8.33. The SMILES string of the molecule is C=CC1CCCN1POc1ccc(NC)cc1. The number of benzene rings is 1. The van der Waals surface area contributed by atoms with Gasteiger partial charge in [0.2, 0.25) is 0 Å². The van der Waals surface area contributed by atoms with Gasteiger partial charge in [0, 0.05) is 25.3 Å². The fourth-order valence-electron chi connectivity index (χ4n) is 1.95. The zero-order chi connectivity index (χ0) is 12.1. The van der Waals surface area contributed by atoms with Gasteiger partial charge >= 0.3 is 0 Å². The van der Waals surface area contributed by atoms with Crippen LogP contribution in [0.5, 0.6) is 5.75 Å². The van der Waals surface area contributed by atoms with E-state index < -0.39 is 0 Å². The average molecular weight is 250 g/mol. The zero-order valence-corrected chi connectivity index (χ0v) is 11.1. The van der Waals surface area contributed by atoms with Gasteiger partial charge < -0.3 is 9.84 Å². The van der Waals surface area contributed by atoms with Crippen LogP contribution in [0, 0.1) is 0 Å². The molecule has 1 aromatic carbocycles. The quantitative estimate of drug-likeness (QED) is 0.641. The topological polar surface area (TPSA) is 24.5 Å². The molecule has 4 heteroatoms. The highest BCUT2D eigenvalue weighted by molar-refractivity contribution is 7.29. The fourth-order valence-corrected chi connectivity index (χ4v) is 2.93. The van der Waals surface area contributed by atoms with E-state index in [0.717, 1.165) is 18.0 Å². The molecule has 17 heavy (non-hydrogen) atoms. The first-order valence-electron chi connectivity index (χ1n) is 5.93. The van der Waals surface area contributed by atoms with Crippen LogP contribution in [0.2, 0.25) is 0 Å². The van der Waals surface area contributed by atoms with Crippen molar-refractivity contribution >= 4 is 14.6 Å². The van der Waals surface area contributed by atoms with Crippen molar-refractivity contribution in [3.8, 4) is 5.75 Å². The number of hydrogen-bond donors (Lipinski definition) is 1. The van der Waals surface area contributed by atoms with Crippen molar-refractivity contribution in [3.05, 3.63) is 36.9 Å². The standard InChI is InChI=1S/C13H19N2OP/c1-3-12-5-4-10-15(12)17-16-13-8-6-11(14-2)7-9-13/h3,6-9,12,14,17H,1,4-5,10H2,2H3. The number of nitrogens with zero attached hydrogens (tertiary/aromatic N) is 1. The molecule has 0 aromatic heterocycles. The summed E-state index contributed by atoms with van der Waals surface area (Å²) in [4.78, 5) is 0. The highest BCUT2D eigenvalue weighted by atomic mass is 31.1. The summed E-state index contributed by atoms with van der Waals surface area (Å²) in [5.74, 6) is 0.928. The Hall–Kier alpha value is -1.05. The summed E-state index contributed by atoms with van der Waals surface area (Å²) in [7, 11) is 2.30. The van der Waals surface area contributed by atoms with E-state index in [1.54, 1.807) is 0 Å². The van der Waals surface area contributed by atoms with Crippen molar-refractivity contribution in [1.29, 1.82) is 0 Å². The molecule has 1 N–H and O–H groups in total. The third-order valence-electron chi connectivity index (χ3n) is 3.00. The molecule has 2 atom stereocenters. The Kier molecular flexibility index (Phi) is 4.41. The van der Waals surface area contributed by atoms with Gasteiger partial charge in [-0.3, -0.25) is 0 Å². The molecule has 1 aliphatic rings. The van der Waals surface area contributed by atoms with Gasteiger partial charge in [0.15, 0.2) is 0 Å². The highest BCUT2D eigenvalue weighted by Gasteiger charge is 2.22. The predicted molar refractivity (Wildman–Crippen MR) is 74.9 cm³/mol. The predicted octanol–water partition coefficient (Wildman–Crippen LogP) is 3.27. The van der Waals surface area contributed by atoms with Crippen molar-refractivity contribution in [2.24, 2.45) is 0 Å². The molecule has 0 spiro atoms. The summed E-state index contributed by atoms with van der Waals surface area (Å²) in [6.07, 6.45) is 4.47. The van der Waals surface area contributed by atoms with E-state index in [-0.39, 0.29) is 0 Å². The summed E-state index contributed by atoms with van der Waals surface area (Å²) in [6, 6.07) is 8.53. The minimum absolute atomic E-state index is 0.390. The lowest BCUT2D eigenvalue weighted by molar-refractivity contribution is 0.450.